The standard InChI is InChI=1S/C12H7ClN2O4S/c13-7-3-4-9(15(18)19)10(6-7)20-11-8(12(16)17)2-1-5-14-11/h1-6H,(H,16,17). The Morgan fingerprint density at radius 3 is 2.80 bits per heavy atom. The van der Waals surface area contributed by atoms with E-state index in [1.165, 1.54) is 36.5 Å². The quantitative estimate of drug-likeness (QED) is 0.686. The Morgan fingerprint density at radius 2 is 2.15 bits per heavy atom. The predicted octanol–water partition coefficient (Wildman–Crippen LogP) is 3.49. The molecular formula is C12H7ClN2O4S. The Labute approximate surface area is 122 Å². The highest BCUT2D eigenvalue weighted by atomic mass is 35.5. The third-order valence-corrected chi connectivity index (χ3v) is 3.63. The highest BCUT2D eigenvalue weighted by Gasteiger charge is 2.19. The van der Waals surface area contributed by atoms with Crippen molar-refractivity contribution in [3.63, 3.8) is 0 Å². The molecule has 0 saturated carbocycles. The van der Waals surface area contributed by atoms with Crippen molar-refractivity contribution in [2.75, 3.05) is 0 Å². The predicted molar refractivity (Wildman–Crippen MR) is 73.4 cm³/mol. The van der Waals surface area contributed by atoms with E-state index in [2.05, 4.69) is 4.98 Å². The second-order valence-corrected chi connectivity index (χ2v) is 5.10. The minimum absolute atomic E-state index is 0.0215. The lowest BCUT2D eigenvalue weighted by Gasteiger charge is -2.05. The Hall–Kier alpha value is -2.12. The molecule has 1 aromatic heterocycles. The van der Waals surface area contributed by atoms with Crippen molar-refractivity contribution < 1.29 is 14.8 Å². The summed E-state index contributed by atoms with van der Waals surface area (Å²) in [5, 5.41) is 20.5. The first-order valence-corrected chi connectivity index (χ1v) is 6.48. The summed E-state index contributed by atoms with van der Waals surface area (Å²) in [5.74, 6) is -1.15. The lowest BCUT2D eigenvalue weighted by atomic mass is 10.3. The fraction of sp³-hybridized carbons (Fsp3) is 0. The molecule has 0 bridgehead atoms. The van der Waals surface area contributed by atoms with E-state index in [1.807, 2.05) is 0 Å². The van der Waals surface area contributed by atoms with Gasteiger partial charge in [0.25, 0.3) is 5.69 Å². The summed E-state index contributed by atoms with van der Waals surface area (Å²) in [4.78, 5) is 25.7. The van der Waals surface area contributed by atoms with Gasteiger partial charge in [0, 0.05) is 17.3 Å². The number of pyridine rings is 1. The first-order valence-electron chi connectivity index (χ1n) is 5.29. The molecule has 0 aliphatic heterocycles. The highest BCUT2D eigenvalue weighted by Crippen LogP contribution is 2.36. The lowest BCUT2D eigenvalue weighted by Crippen LogP contribution is -2.00. The smallest absolute Gasteiger partial charge is 0.338 e. The van der Waals surface area contributed by atoms with Gasteiger partial charge in [0.1, 0.15) is 5.03 Å². The Kier molecular flexibility index (Phi) is 4.21. The van der Waals surface area contributed by atoms with E-state index in [4.69, 9.17) is 16.7 Å². The number of rotatable bonds is 4. The number of aromatic carboxylic acids is 1. The summed E-state index contributed by atoms with van der Waals surface area (Å²) in [6, 6.07) is 6.95. The number of nitrogens with zero attached hydrogens (tertiary/aromatic N) is 2. The fourth-order valence-electron chi connectivity index (χ4n) is 1.46. The van der Waals surface area contributed by atoms with E-state index < -0.39 is 10.9 Å². The third-order valence-electron chi connectivity index (χ3n) is 2.33. The molecule has 8 heteroatoms. The van der Waals surface area contributed by atoms with E-state index in [1.54, 1.807) is 0 Å². The third kappa shape index (κ3) is 3.06. The van der Waals surface area contributed by atoms with Crippen molar-refractivity contribution >= 4 is 35.0 Å². The van der Waals surface area contributed by atoms with E-state index in [0.717, 1.165) is 11.8 Å². The number of carbonyl (C=O) groups is 1. The van der Waals surface area contributed by atoms with Crippen LogP contribution in [0.2, 0.25) is 5.02 Å². The number of carboxylic acids is 1. The molecule has 20 heavy (non-hydrogen) atoms. The molecule has 1 aromatic carbocycles. The Bertz CT molecular complexity index is 693. The zero-order valence-corrected chi connectivity index (χ0v) is 11.4. The van der Waals surface area contributed by atoms with Gasteiger partial charge >= 0.3 is 5.97 Å². The van der Waals surface area contributed by atoms with Crippen LogP contribution >= 0.6 is 23.4 Å². The Balaban J connectivity index is 2.47. The second-order valence-electron chi connectivity index (χ2n) is 3.63. The van der Waals surface area contributed by atoms with Crippen LogP contribution in [-0.2, 0) is 0 Å². The molecule has 2 aromatic rings. The number of halogens is 1. The molecule has 0 amide bonds. The second kappa shape index (κ2) is 5.89. The monoisotopic (exact) mass is 310 g/mol. The molecule has 1 N–H and O–H groups in total. The Morgan fingerprint density at radius 1 is 1.40 bits per heavy atom. The van der Waals surface area contributed by atoms with Crippen LogP contribution in [-0.4, -0.2) is 21.0 Å². The number of nitro benzene ring substituents is 1. The van der Waals surface area contributed by atoms with Gasteiger partial charge in [-0.15, -0.1) is 0 Å². The van der Waals surface area contributed by atoms with Gasteiger partial charge in [0.2, 0.25) is 0 Å². The zero-order chi connectivity index (χ0) is 14.7. The van der Waals surface area contributed by atoms with Crippen molar-refractivity contribution in [2.45, 2.75) is 9.92 Å². The molecule has 1 heterocycles. The minimum Gasteiger partial charge on any atom is -0.478 e. The van der Waals surface area contributed by atoms with Gasteiger partial charge in [0.15, 0.2) is 0 Å². The molecule has 0 atom stereocenters. The van der Waals surface area contributed by atoms with Crippen molar-refractivity contribution in [2.24, 2.45) is 0 Å². The van der Waals surface area contributed by atoms with Crippen molar-refractivity contribution in [3.8, 4) is 0 Å². The summed E-state index contributed by atoms with van der Waals surface area (Å²) in [6.45, 7) is 0. The first kappa shape index (κ1) is 14.3. The number of nitro groups is 1. The summed E-state index contributed by atoms with van der Waals surface area (Å²) in [5.41, 5.74) is -0.173. The summed E-state index contributed by atoms with van der Waals surface area (Å²) >= 11 is 6.71. The van der Waals surface area contributed by atoms with Crippen LogP contribution in [0.1, 0.15) is 10.4 Å². The topological polar surface area (TPSA) is 93.3 Å². The zero-order valence-electron chi connectivity index (χ0n) is 9.82. The van der Waals surface area contributed by atoms with Crippen LogP contribution < -0.4 is 0 Å². The molecule has 0 fully saturated rings. The summed E-state index contributed by atoms with van der Waals surface area (Å²) in [6.07, 6.45) is 1.42. The molecule has 0 aliphatic rings. The van der Waals surface area contributed by atoms with Crippen molar-refractivity contribution in [1.82, 2.24) is 4.98 Å². The number of hydrogen-bond donors (Lipinski definition) is 1. The van der Waals surface area contributed by atoms with Crippen LogP contribution in [0.15, 0.2) is 46.5 Å². The SMILES string of the molecule is O=C(O)c1cccnc1Sc1cc(Cl)ccc1[N+](=O)[O-]. The highest BCUT2D eigenvalue weighted by molar-refractivity contribution is 7.99. The van der Waals surface area contributed by atoms with Gasteiger partial charge in [0.05, 0.1) is 15.4 Å². The normalized spacial score (nSPS) is 10.2. The maximum absolute atomic E-state index is 11.1. The number of carboxylic acid groups (broad SMARTS) is 1. The van der Waals surface area contributed by atoms with Gasteiger partial charge in [-0.2, -0.15) is 0 Å². The molecule has 0 saturated heterocycles. The first-order chi connectivity index (χ1) is 9.49. The van der Waals surface area contributed by atoms with Gasteiger partial charge < -0.3 is 5.11 Å². The van der Waals surface area contributed by atoms with Crippen molar-refractivity contribution in [1.29, 1.82) is 0 Å². The fourth-order valence-corrected chi connectivity index (χ4v) is 2.72. The summed E-state index contributed by atoms with van der Waals surface area (Å²) in [7, 11) is 0. The van der Waals surface area contributed by atoms with Gasteiger partial charge in [-0.3, -0.25) is 10.1 Å². The molecule has 0 spiro atoms. The number of hydrogen-bond acceptors (Lipinski definition) is 5. The van der Waals surface area contributed by atoms with E-state index in [-0.39, 0.29) is 21.2 Å². The van der Waals surface area contributed by atoms with Crippen LogP contribution in [0.4, 0.5) is 5.69 Å². The maximum Gasteiger partial charge on any atom is 0.338 e. The molecule has 0 aliphatic carbocycles. The number of aromatic nitrogens is 1. The van der Waals surface area contributed by atoms with E-state index >= 15 is 0 Å². The van der Waals surface area contributed by atoms with E-state index in [9.17, 15) is 14.9 Å². The molecule has 102 valence electrons. The summed E-state index contributed by atoms with van der Waals surface area (Å²) < 4.78 is 0. The van der Waals surface area contributed by atoms with Gasteiger partial charge in [-0.1, -0.05) is 23.4 Å². The average Bonchev–Trinajstić information content (AvgIpc) is 2.38. The number of benzene rings is 1. The minimum atomic E-state index is -1.15. The van der Waals surface area contributed by atoms with Gasteiger partial charge in [-0.25, -0.2) is 9.78 Å². The van der Waals surface area contributed by atoms with Crippen LogP contribution in [0.5, 0.6) is 0 Å². The van der Waals surface area contributed by atoms with E-state index in [0.29, 0.717) is 5.02 Å². The molecule has 2 rings (SSSR count). The maximum atomic E-state index is 11.1. The average molecular weight is 311 g/mol. The van der Waals surface area contributed by atoms with Crippen LogP contribution in [0.25, 0.3) is 0 Å². The van der Waals surface area contributed by atoms with Crippen LogP contribution in [0.3, 0.4) is 0 Å². The van der Waals surface area contributed by atoms with Gasteiger partial charge in [-0.05, 0) is 24.3 Å². The largest absolute Gasteiger partial charge is 0.478 e. The molecule has 0 radical (unpaired) electrons. The molecule has 6 nitrogen and oxygen atoms in total. The molecule has 0 unspecified atom stereocenters. The lowest BCUT2D eigenvalue weighted by molar-refractivity contribution is -0.387. The molecular weight excluding hydrogens is 304 g/mol. The van der Waals surface area contributed by atoms with Crippen molar-refractivity contribution in [3.05, 3.63) is 57.2 Å². The van der Waals surface area contributed by atoms with Crippen LogP contribution in [0, 0.1) is 10.1 Å².